The van der Waals surface area contributed by atoms with Crippen molar-refractivity contribution in [3.8, 4) is 0 Å². The molecular formula is C23H29FIN5O4. The normalized spacial score (nSPS) is 18.0. The number of nitrogens with zero attached hydrogens (tertiary/aromatic N) is 3. The molecule has 1 aromatic carbocycles. The molecular weight excluding hydrogens is 556 g/mol. The zero-order chi connectivity index (χ0) is 25.5. The molecule has 0 saturated carbocycles. The molecule has 0 radical (unpaired) electrons. The molecule has 2 heterocycles. The largest absolute Gasteiger partial charge is 0.444 e. The molecule has 0 spiro atoms. The van der Waals surface area contributed by atoms with Crippen LogP contribution in [0.25, 0.3) is 0 Å². The predicted octanol–water partition coefficient (Wildman–Crippen LogP) is 5.17. The van der Waals surface area contributed by atoms with E-state index in [0.29, 0.717) is 15.2 Å². The van der Waals surface area contributed by atoms with Crippen LogP contribution in [0.3, 0.4) is 0 Å². The van der Waals surface area contributed by atoms with Crippen molar-refractivity contribution in [2.24, 2.45) is 4.99 Å². The standard InChI is InChI=1S/C23H29FIN5O4/c1-21(2,3)33-19(31)26-13-8-9-15(24)14(10-13)23(7)12-30-11-16(25)27-18(30)17(29-23)28-20(32)34-22(4,5)6/h8-11H,12H2,1-7H3,(H,26,31)(H,28,29,32). The first-order valence-corrected chi connectivity index (χ1v) is 11.8. The van der Waals surface area contributed by atoms with Crippen LogP contribution >= 0.6 is 22.6 Å². The number of amidine groups is 1. The van der Waals surface area contributed by atoms with Gasteiger partial charge in [-0.2, -0.15) is 0 Å². The average molecular weight is 585 g/mol. The van der Waals surface area contributed by atoms with Crippen LogP contribution in [-0.2, 0) is 21.6 Å². The molecule has 2 amide bonds. The number of fused-ring (bicyclic) bond motifs is 1. The van der Waals surface area contributed by atoms with Gasteiger partial charge in [-0.3, -0.25) is 15.6 Å². The summed E-state index contributed by atoms with van der Waals surface area (Å²) in [5.74, 6) is 0.0999. The van der Waals surface area contributed by atoms with Gasteiger partial charge in [0.1, 0.15) is 26.3 Å². The first kappa shape index (κ1) is 25.9. The topological polar surface area (TPSA) is 107 Å². The van der Waals surface area contributed by atoms with Crippen molar-refractivity contribution < 1.29 is 23.5 Å². The van der Waals surface area contributed by atoms with Gasteiger partial charge in [-0.1, -0.05) is 0 Å². The number of halogens is 2. The molecule has 1 unspecified atom stereocenters. The highest BCUT2D eigenvalue weighted by Gasteiger charge is 2.37. The molecule has 0 fully saturated rings. The minimum atomic E-state index is -1.11. The number of ether oxygens (including phenoxy) is 2. The highest BCUT2D eigenvalue weighted by Crippen LogP contribution is 2.35. The molecule has 0 saturated heterocycles. The quantitative estimate of drug-likeness (QED) is 0.473. The van der Waals surface area contributed by atoms with Gasteiger partial charge < -0.3 is 14.0 Å². The molecule has 2 aromatic rings. The van der Waals surface area contributed by atoms with Crippen molar-refractivity contribution in [3.63, 3.8) is 0 Å². The van der Waals surface area contributed by atoms with Gasteiger partial charge >= 0.3 is 12.2 Å². The fraction of sp³-hybridized carbons (Fsp3) is 0.478. The van der Waals surface area contributed by atoms with Crippen LogP contribution in [0, 0.1) is 9.52 Å². The highest BCUT2D eigenvalue weighted by molar-refractivity contribution is 14.1. The van der Waals surface area contributed by atoms with Gasteiger partial charge in [-0.05, 0) is 89.3 Å². The molecule has 34 heavy (non-hydrogen) atoms. The summed E-state index contributed by atoms with van der Waals surface area (Å²) in [6.45, 7) is 12.5. The monoisotopic (exact) mass is 585 g/mol. The number of benzene rings is 1. The van der Waals surface area contributed by atoms with E-state index >= 15 is 4.39 Å². The predicted molar refractivity (Wildman–Crippen MR) is 134 cm³/mol. The lowest BCUT2D eigenvalue weighted by atomic mass is 9.90. The minimum absolute atomic E-state index is 0.163. The van der Waals surface area contributed by atoms with Crippen LogP contribution in [0.2, 0.25) is 0 Å². The number of imidazole rings is 1. The molecule has 0 aliphatic carbocycles. The summed E-state index contributed by atoms with van der Waals surface area (Å²) in [6, 6.07) is 4.22. The van der Waals surface area contributed by atoms with E-state index in [1.54, 1.807) is 59.2 Å². The lowest BCUT2D eigenvalue weighted by Gasteiger charge is -2.32. The van der Waals surface area contributed by atoms with Gasteiger partial charge in [0.25, 0.3) is 0 Å². The summed E-state index contributed by atoms with van der Waals surface area (Å²) in [6.07, 6.45) is 0.447. The number of carbonyl (C=O) groups excluding carboxylic acids is 2. The Bertz CT molecular complexity index is 1150. The van der Waals surface area contributed by atoms with E-state index in [4.69, 9.17) is 9.47 Å². The van der Waals surface area contributed by atoms with E-state index in [0.717, 1.165) is 0 Å². The van der Waals surface area contributed by atoms with E-state index < -0.39 is 34.7 Å². The summed E-state index contributed by atoms with van der Waals surface area (Å²) >= 11 is 2.06. The minimum Gasteiger partial charge on any atom is -0.444 e. The smallest absolute Gasteiger partial charge is 0.413 e. The number of amides is 2. The lowest BCUT2D eigenvalue weighted by Crippen LogP contribution is -2.43. The fourth-order valence-electron chi connectivity index (χ4n) is 3.42. The Morgan fingerprint density at radius 2 is 1.68 bits per heavy atom. The molecule has 9 nitrogen and oxygen atoms in total. The highest BCUT2D eigenvalue weighted by atomic mass is 127. The third kappa shape index (κ3) is 6.45. The van der Waals surface area contributed by atoms with E-state index in [-0.39, 0.29) is 17.9 Å². The van der Waals surface area contributed by atoms with Crippen LogP contribution < -0.4 is 10.6 Å². The van der Waals surface area contributed by atoms with Gasteiger partial charge in [0.2, 0.25) is 0 Å². The van der Waals surface area contributed by atoms with Gasteiger partial charge in [0, 0.05) is 17.4 Å². The number of alkyl carbamates (subject to hydrolysis) is 1. The molecule has 1 atom stereocenters. The van der Waals surface area contributed by atoms with Crippen LogP contribution in [0.5, 0.6) is 0 Å². The Morgan fingerprint density at radius 1 is 1.09 bits per heavy atom. The third-order valence-corrected chi connectivity index (χ3v) is 5.13. The van der Waals surface area contributed by atoms with E-state index in [1.165, 1.54) is 18.2 Å². The summed E-state index contributed by atoms with van der Waals surface area (Å²) in [5.41, 5.74) is -1.91. The number of hydrogen-bond donors (Lipinski definition) is 2. The van der Waals surface area contributed by atoms with E-state index in [9.17, 15) is 9.59 Å². The summed E-state index contributed by atoms with van der Waals surface area (Å²) < 4.78 is 28.2. The molecule has 1 aliphatic heterocycles. The van der Waals surface area contributed by atoms with Crippen molar-refractivity contribution in [2.75, 3.05) is 5.32 Å². The second-order valence-corrected chi connectivity index (χ2v) is 11.3. The summed E-state index contributed by atoms with van der Waals surface area (Å²) in [4.78, 5) is 33.8. The Balaban J connectivity index is 1.97. The average Bonchev–Trinajstić information content (AvgIpc) is 3.00. The number of rotatable bonds is 2. The molecule has 3 rings (SSSR count). The van der Waals surface area contributed by atoms with Gasteiger partial charge in [0.15, 0.2) is 11.7 Å². The van der Waals surface area contributed by atoms with Crippen LogP contribution in [-0.4, -0.2) is 38.8 Å². The number of hydrogen-bond acceptors (Lipinski definition) is 6. The molecule has 2 N–H and O–H groups in total. The second-order valence-electron chi connectivity index (χ2n) is 10.2. The molecule has 0 bridgehead atoms. The molecule has 184 valence electrons. The number of anilines is 1. The summed E-state index contributed by atoms with van der Waals surface area (Å²) in [5, 5.41) is 5.28. The third-order valence-electron chi connectivity index (χ3n) is 4.61. The van der Waals surface area contributed by atoms with Gasteiger partial charge in [-0.15, -0.1) is 0 Å². The van der Waals surface area contributed by atoms with Crippen molar-refractivity contribution in [1.82, 2.24) is 14.9 Å². The zero-order valence-electron chi connectivity index (χ0n) is 20.2. The molecule has 1 aliphatic rings. The molecule has 11 heteroatoms. The zero-order valence-corrected chi connectivity index (χ0v) is 22.4. The maximum Gasteiger partial charge on any atom is 0.413 e. The Morgan fingerprint density at radius 3 is 2.26 bits per heavy atom. The maximum absolute atomic E-state index is 15.0. The lowest BCUT2D eigenvalue weighted by molar-refractivity contribution is 0.0560. The number of nitrogens with one attached hydrogen (secondary N) is 2. The van der Waals surface area contributed by atoms with Crippen molar-refractivity contribution in [1.29, 1.82) is 0 Å². The van der Waals surface area contributed by atoms with Crippen LogP contribution in [0.1, 0.15) is 59.9 Å². The van der Waals surface area contributed by atoms with Gasteiger partial charge in [-0.25, -0.2) is 19.0 Å². The first-order chi connectivity index (χ1) is 15.5. The first-order valence-electron chi connectivity index (χ1n) is 10.7. The van der Waals surface area contributed by atoms with Crippen molar-refractivity contribution in [2.45, 2.75) is 71.8 Å². The van der Waals surface area contributed by atoms with Gasteiger partial charge in [0.05, 0.1) is 6.54 Å². The van der Waals surface area contributed by atoms with Crippen LogP contribution in [0.15, 0.2) is 29.4 Å². The number of carbonyl (C=O) groups is 2. The Labute approximate surface area is 211 Å². The maximum atomic E-state index is 15.0. The molecule has 1 aromatic heterocycles. The SMILES string of the molecule is CC(C)(C)OC(=O)NC1=NC(C)(c2cc(NC(=O)OC(C)(C)C)ccc2F)Cn2cc(I)nc21. The Hall–Kier alpha value is -2.70. The van der Waals surface area contributed by atoms with E-state index in [1.807, 2.05) is 0 Å². The number of aromatic nitrogens is 2. The number of aliphatic imine (C=N–C) groups is 1. The summed E-state index contributed by atoms with van der Waals surface area (Å²) in [7, 11) is 0. The van der Waals surface area contributed by atoms with E-state index in [2.05, 4.69) is 43.2 Å². The fourth-order valence-corrected chi connectivity index (χ4v) is 3.99. The second kappa shape index (κ2) is 9.16. The Kier molecular flexibility index (Phi) is 6.98. The van der Waals surface area contributed by atoms with Crippen molar-refractivity contribution >= 4 is 46.3 Å². The van der Waals surface area contributed by atoms with Crippen LogP contribution in [0.4, 0.5) is 19.7 Å². The van der Waals surface area contributed by atoms with Crippen molar-refractivity contribution in [3.05, 3.63) is 45.3 Å².